The summed E-state index contributed by atoms with van der Waals surface area (Å²) >= 11 is 3.53. The Hall–Kier alpha value is -0.120. The van der Waals surface area contributed by atoms with Crippen LogP contribution in [-0.4, -0.2) is 11.0 Å². The van der Waals surface area contributed by atoms with Gasteiger partial charge in [-0.3, -0.25) is 0 Å². The molecule has 0 radical (unpaired) electrons. The summed E-state index contributed by atoms with van der Waals surface area (Å²) in [6, 6.07) is 1.63. The molecule has 0 spiro atoms. The highest BCUT2D eigenvalue weighted by Crippen LogP contribution is 2.14. The van der Waals surface area contributed by atoms with Crippen molar-refractivity contribution in [1.29, 1.82) is 0 Å². The summed E-state index contributed by atoms with van der Waals surface area (Å²) in [5, 5.41) is 0. The van der Waals surface area contributed by atoms with Crippen LogP contribution in [-0.2, 0) is 3.07 Å². The lowest BCUT2D eigenvalue weighted by Crippen LogP contribution is -2.02. The average Bonchev–Trinajstić information content (AvgIpc) is 2.08. The van der Waals surface area contributed by atoms with E-state index in [1.54, 1.807) is 6.07 Å². The third-order valence-corrected chi connectivity index (χ3v) is 2.44. The van der Waals surface area contributed by atoms with E-state index in [0.29, 0.717) is 11.4 Å². The Morgan fingerprint density at radius 3 is 2.83 bits per heavy atom. The second-order valence-electron chi connectivity index (χ2n) is 1.96. The zero-order valence-corrected chi connectivity index (χ0v) is 10.1. The van der Waals surface area contributed by atoms with Crippen molar-refractivity contribution >= 4 is 57.4 Å². The number of nitrogens with two attached hydrogens (primary N) is 1. The van der Waals surface area contributed by atoms with E-state index < -0.39 is 5.97 Å². The van der Waals surface area contributed by atoms with Crippen LogP contribution in [0.1, 0.15) is 10.4 Å². The molecule has 0 bridgehead atoms. The summed E-state index contributed by atoms with van der Waals surface area (Å²) in [7, 11) is 0. The van der Waals surface area contributed by atoms with Crippen LogP contribution in [0.3, 0.4) is 0 Å². The molecule has 1 aromatic rings. The molecule has 0 atom stereocenters. The van der Waals surface area contributed by atoms with Crippen molar-refractivity contribution in [3.8, 4) is 0 Å². The molecule has 2 N–H and O–H groups in total. The Balaban J connectivity index is 3.05. The molecule has 0 aromatic carbocycles. The smallest absolute Gasteiger partial charge is 0.349 e. The van der Waals surface area contributed by atoms with Crippen molar-refractivity contribution in [2.24, 2.45) is 0 Å². The second kappa shape index (κ2) is 4.21. The molecule has 4 nitrogen and oxygen atoms in total. The summed E-state index contributed by atoms with van der Waals surface area (Å²) in [6.45, 7) is 0. The van der Waals surface area contributed by atoms with Crippen molar-refractivity contribution < 1.29 is 7.86 Å². The minimum atomic E-state index is -0.416. The predicted molar refractivity (Wildman–Crippen MR) is 60.8 cm³/mol. The number of rotatable bonds is 1. The minimum absolute atomic E-state index is 0.406. The van der Waals surface area contributed by atoms with Crippen LogP contribution >= 0.6 is 45.6 Å². The topological polar surface area (TPSA) is 65.2 Å². The van der Waals surface area contributed by atoms with Gasteiger partial charge in [-0.2, -0.15) is 0 Å². The Kier molecular flexibility index (Phi) is 3.50. The minimum Gasteiger partial charge on any atom is -0.391 e. The van der Waals surface area contributed by atoms with Gasteiger partial charge in [0.15, 0.2) is 23.0 Å². The van der Waals surface area contributed by atoms with Crippen LogP contribution in [0.15, 0.2) is 12.3 Å². The first kappa shape index (κ1) is 9.96. The number of aromatic nitrogens is 1. The lowest BCUT2D eigenvalue weighted by molar-refractivity contribution is 0.0800. The fourth-order valence-corrected chi connectivity index (χ4v) is 1.33. The molecule has 0 unspecified atom stereocenters. The molecular weight excluding hydrogens is 386 g/mol. The molecule has 0 saturated carbocycles. The number of halogens is 2. The summed E-state index contributed by atoms with van der Waals surface area (Å²) < 4.78 is 5.22. The zero-order chi connectivity index (χ0) is 9.14. The van der Waals surface area contributed by atoms with E-state index in [1.165, 1.54) is 29.2 Å². The number of nitrogens with zero attached hydrogens (tertiary/aromatic N) is 1. The molecule has 1 aromatic heterocycles. The molecule has 0 fully saturated rings. The summed E-state index contributed by atoms with van der Waals surface area (Å²) in [5.41, 5.74) is 5.86. The molecule has 6 heteroatoms. The van der Waals surface area contributed by atoms with Crippen LogP contribution in [0.4, 0.5) is 5.82 Å². The van der Waals surface area contributed by atoms with Crippen LogP contribution in [0.2, 0.25) is 0 Å². The number of nitrogen functional groups attached to an aromatic ring is 1. The molecular formula is C6H4I2N2O2. The number of carbonyl (C=O) groups is 1. The molecule has 12 heavy (non-hydrogen) atoms. The van der Waals surface area contributed by atoms with Crippen molar-refractivity contribution in [3.63, 3.8) is 0 Å². The molecule has 0 aliphatic heterocycles. The Morgan fingerprint density at radius 2 is 2.33 bits per heavy atom. The van der Waals surface area contributed by atoms with E-state index in [9.17, 15) is 4.79 Å². The van der Waals surface area contributed by atoms with Crippen molar-refractivity contribution in [3.05, 3.63) is 21.4 Å². The number of hydrogen-bond acceptors (Lipinski definition) is 4. The van der Waals surface area contributed by atoms with Gasteiger partial charge in [-0.15, -0.1) is 0 Å². The van der Waals surface area contributed by atoms with Gasteiger partial charge in [0.05, 0.1) is 9.13 Å². The maximum Gasteiger partial charge on any atom is 0.349 e. The lowest BCUT2D eigenvalue weighted by atomic mass is 10.3. The van der Waals surface area contributed by atoms with E-state index in [-0.39, 0.29) is 0 Å². The van der Waals surface area contributed by atoms with Crippen LogP contribution < -0.4 is 5.73 Å². The highest BCUT2D eigenvalue weighted by molar-refractivity contribution is 14.1. The Morgan fingerprint density at radius 1 is 1.67 bits per heavy atom. The summed E-state index contributed by atoms with van der Waals surface area (Å²) in [6.07, 6.45) is 1.39. The van der Waals surface area contributed by atoms with Crippen molar-refractivity contribution in [1.82, 2.24) is 4.98 Å². The highest BCUT2D eigenvalue weighted by Gasteiger charge is 2.08. The maximum absolute atomic E-state index is 11.0. The first-order valence-electron chi connectivity index (χ1n) is 2.89. The monoisotopic (exact) mass is 390 g/mol. The summed E-state index contributed by atoms with van der Waals surface area (Å²) in [4.78, 5) is 14.8. The third kappa shape index (κ3) is 2.19. The SMILES string of the molecule is Nc1ncc(C(=O)OI)cc1I. The van der Waals surface area contributed by atoms with Gasteiger partial charge in [0, 0.05) is 6.20 Å². The molecule has 64 valence electrons. The molecule has 0 amide bonds. The second-order valence-corrected chi connectivity index (χ2v) is 3.56. The highest BCUT2D eigenvalue weighted by atomic mass is 127. The van der Waals surface area contributed by atoms with Gasteiger partial charge in [-0.25, -0.2) is 9.78 Å². The normalized spacial score (nSPS) is 9.50. The molecule has 0 aliphatic carbocycles. The average molecular weight is 390 g/mol. The van der Waals surface area contributed by atoms with Crippen LogP contribution in [0.5, 0.6) is 0 Å². The molecule has 0 saturated heterocycles. The number of anilines is 1. The fraction of sp³-hybridized carbons (Fsp3) is 0. The first-order chi connectivity index (χ1) is 5.65. The number of pyridine rings is 1. The van der Waals surface area contributed by atoms with Gasteiger partial charge in [0.2, 0.25) is 0 Å². The Labute approximate surface area is 96.7 Å². The van der Waals surface area contributed by atoms with Gasteiger partial charge >= 0.3 is 5.97 Å². The third-order valence-electron chi connectivity index (χ3n) is 1.18. The van der Waals surface area contributed by atoms with Gasteiger partial charge in [-0.1, -0.05) is 0 Å². The largest absolute Gasteiger partial charge is 0.391 e. The van der Waals surface area contributed by atoms with Gasteiger partial charge < -0.3 is 8.80 Å². The zero-order valence-electron chi connectivity index (χ0n) is 5.75. The molecule has 1 rings (SSSR count). The van der Waals surface area contributed by atoms with E-state index in [2.05, 4.69) is 8.05 Å². The Bertz CT molecular complexity index is 316. The maximum atomic E-state index is 11.0. The van der Waals surface area contributed by atoms with Crippen molar-refractivity contribution in [2.45, 2.75) is 0 Å². The van der Waals surface area contributed by atoms with Crippen LogP contribution in [0.25, 0.3) is 0 Å². The lowest BCUT2D eigenvalue weighted by Gasteiger charge is -1.99. The standard InChI is InChI=1S/C6H4I2N2O2/c7-4-1-3(6(11)12-8)2-10-5(4)9/h1-2H,(H2,9,10). The first-order valence-corrected chi connectivity index (χ1v) is 4.85. The van der Waals surface area contributed by atoms with Gasteiger partial charge in [0.1, 0.15) is 5.82 Å². The van der Waals surface area contributed by atoms with E-state index >= 15 is 0 Å². The van der Waals surface area contributed by atoms with E-state index in [0.717, 1.165) is 3.57 Å². The molecule has 0 aliphatic rings. The van der Waals surface area contributed by atoms with Gasteiger partial charge in [0.25, 0.3) is 0 Å². The quantitative estimate of drug-likeness (QED) is 0.743. The summed E-state index contributed by atoms with van der Waals surface area (Å²) in [5.74, 6) is 0.00150. The number of carbonyl (C=O) groups excluding carboxylic acids is 1. The fourth-order valence-electron chi connectivity index (χ4n) is 0.605. The van der Waals surface area contributed by atoms with Crippen LogP contribution in [0, 0.1) is 3.57 Å². The molecule has 1 heterocycles. The van der Waals surface area contributed by atoms with E-state index in [4.69, 9.17) is 5.73 Å². The predicted octanol–water partition coefficient (Wildman–Crippen LogP) is 1.78. The van der Waals surface area contributed by atoms with Crippen molar-refractivity contribution in [2.75, 3.05) is 5.73 Å². The number of hydrogen-bond donors (Lipinski definition) is 1. The van der Waals surface area contributed by atoms with E-state index in [1.807, 2.05) is 22.6 Å². The van der Waals surface area contributed by atoms with Gasteiger partial charge in [-0.05, 0) is 28.7 Å².